The SMILES string of the molecule is CN(CC(=O)Nc1nc2ccc(OC(F)(F)F)cc2s1)C(=O)CN(C(=O)OC(C)(C)C)C1CN(C(=O)O)C1. The van der Waals surface area contributed by atoms with Crippen molar-refractivity contribution in [3.05, 3.63) is 18.2 Å². The quantitative estimate of drug-likeness (QED) is 0.525. The van der Waals surface area contributed by atoms with Crippen LogP contribution in [0.15, 0.2) is 18.2 Å². The molecule has 16 heteroatoms. The van der Waals surface area contributed by atoms with Gasteiger partial charge in [-0.05, 0) is 32.9 Å². The highest BCUT2D eigenvalue weighted by atomic mass is 32.1. The number of nitrogens with one attached hydrogen (secondary N) is 1. The Hall–Kier alpha value is -3.82. The average molecular weight is 562 g/mol. The summed E-state index contributed by atoms with van der Waals surface area (Å²) in [5, 5.41) is 11.7. The van der Waals surface area contributed by atoms with Crippen LogP contribution in [0.25, 0.3) is 10.2 Å². The zero-order valence-corrected chi connectivity index (χ0v) is 21.7. The van der Waals surface area contributed by atoms with Crippen LogP contribution in [0.2, 0.25) is 0 Å². The number of likely N-dealkylation sites (N-methyl/N-ethyl adjacent to an activating group) is 1. The molecule has 2 heterocycles. The first-order valence-corrected chi connectivity index (χ1v) is 12.0. The van der Waals surface area contributed by atoms with Crippen LogP contribution < -0.4 is 10.1 Å². The minimum absolute atomic E-state index is 0.0133. The number of carbonyl (C=O) groups excluding carboxylic acids is 3. The molecule has 1 aliphatic rings. The van der Waals surface area contributed by atoms with Crippen molar-refractivity contribution in [1.29, 1.82) is 0 Å². The second kappa shape index (κ2) is 10.9. The summed E-state index contributed by atoms with van der Waals surface area (Å²) >= 11 is 0.922. The zero-order valence-electron chi connectivity index (χ0n) is 20.9. The largest absolute Gasteiger partial charge is 0.573 e. The molecular weight excluding hydrogens is 535 g/mol. The lowest BCUT2D eigenvalue weighted by Gasteiger charge is -2.43. The van der Waals surface area contributed by atoms with Gasteiger partial charge < -0.3 is 29.7 Å². The van der Waals surface area contributed by atoms with E-state index >= 15 is 0 Å². The van der Waals surface area contributed by atoms with Gasteiger partial charge in [-0.1, -0.05) is 11.3 Å². The number of hydrogen-bond acceptors (Lipinski definition) is 8. The van der Waals surface area contributed by atoms with E-state index in [1.165, 1.54) is 13.1 Å². The minimum atomic E-state index is -4.85. The van der Waals surface area contributed by atoms with Crippen molar-refractivity contribution in [3.8, 4) is 5.75 Å². The Kier molecular flexibility index (Phi) is 8.24. The van der Waals surface area contributed by atoms with Crippen LogP contribution in [-0.4, -0.2) is 100 Å². The highest BCUT2D eigenvalue weighted by molar-refractivity contribution is 7.22. The molecule has 1 aromatic carbocycles. The van der Waals surface area contributed by atoms with Crippen molar-refractivity contribution in [2.24, 2.45) is 0 Å². The maximum atomic E-state index is 12.8. The molecule has 208 valence electrons. The number of benzene rings is 1. The Balaban J connectivity index is 1.60. The van der Waals surface area contributed by atoms with Gasteiger partial charge in [-0.25, -0.2) is 14.6 Å². The van der Waals surface area contributed by atoms with Gasteiger partial charge in [-0.3, -0.25) is 14.5 Å². The van der Waals surface area contributed by atoms with Gasteiger partial charge in [0.1, 0.15) is 17.9 Å². The van der Waals surface area contributed by atoms with Gasteiger partial charge in [-0.2, -0.15) is 0 Å². The van der Waals surface area contributed by atoms with E-state index in [-0.39, 0.29) is 18.2 Å². The zero-order chi connectivity index (χ0) is 28.4. The number of thiazole rings is 1. The van der Waals surface area contributed by atoms with Crippen molar-refractivity contribution in [1.82, 2.24) is 19.7 Å². The molecule has 0 bridgehead atoms. The Morgan fingerprint density at radius 2 is 1.84 bits per heavy atom. The number of carbonyl (C=O) groups is 4. The van der Waals surface area contributed by atoms with Crippen LogP contribution in [0.1, 0.15) is 20.8 Å². The first-order chi connectivity index (χ1) is 17.5. The number of amides is 4. The molecule has 0 spiro atoms. The normalized spacial score (nSPS) is 14.0. The van der Waals surface area contributed by atoms with Crippen LogP contribution in [0.3, 0.4) is 0 Å². The maximum Gasteiger partial charge on any atom is 0.573 e. The van der Waals surface area contributed by atoms with Crippen LogP contribution in [-0.2, 0) is 14.3 Å². The van der Waals surface area contributed by atoms with Gasteiger partial charge in [0, 0.05) is 26.2 Å². The summed E-state index contributed by atoms with van der Waals surface area (Å²) < 4.78 is 46.9. The fourth-order valence-corrected chi connectivity index (χ4v) is 4.27. The third-order valence-electron chi connectivity index (χ3n) is 5.15. The first-order valence-electron chi connectivity index (χ1n) is 11.2. The number of halogens is 3. The third kappa shape index (κ3) is 7.84. The Bertz CT molecular complexity index is 1220. The first kappa shape index (κ1) is 28.7. The topological polar surface area (TPSA) is 142 Å². The Labute approximate surface area is 218 Å². The smallest absolute Gasteiger partial charge is 0.465 e. The highest BCUT2D eigenvalue weighted by Crippen LogP contribution is 2.31. The monoisotopic (exact) mass is 561 g/mol. The van der Waals surface area contributed by atoms with E-state index in [0.29, 0.717) is 10.2 Å². The lowest BCUT2D eigenvalue weighted by molar-refractivity contribution is -0.274. The highest BCUT2D eigenvalue weighted by Gasteiger charge is 2.40. The van der Waals surface area contributed by atoms with Crippen molar-refractivity contribution < 1.29 is 46.9 Å². The number of anilines is 1. The molecule has 0 saturated carbocycles. The second-order valence-corrected chi connectivity index (χ2v) is 10.5. The fourth-order valence-electron chi connectivity index (χ4n) is 3.36. The molecule has 0 atom stereocenters. The summed E-state index contributed by atoms with van der Waals surface area (Å²) in [6.45, 7) is 4.12. The van der Waals surface area contributed by atoms with Crippen LogP contribution in [0.5, 0.6) is 5.75 Å². The number of rotatable bonds is 7. The number of ether oxygens (including phenoxy) is 2. The third-order valence-corrected chi connectivity index (χ3v) is 6.09. The molecule has 1 fully saturated rings. The minimum Gasteiger partial charge on any atom is -0.465 e. The number of hydrogen-bond donors (Lipinski definition) is 2. The van der Waals surface area contributed by atoms with Crippen LogP contribution >= 0.6 is 11.3 Å². The number of aromatic nitrogens is 1. The molecule has 0 unspecified atom stereocenters. The van der Waals surface area contributed by atoms with Crippen molar-refractivity contribution in [2.45, 2.75) is 38.8 Å². The Morgan fingerprint density at radius 1 is 1.18 bits per heavy atom. The van der Waals surface area contributed by atoms with E-state index in [0.717, 1.165) is 38.2 Å². The number of alkyl halides is 3. The molecule has 12 nitrogen and oxygen atoms in total. The van der Waals surface area contributed by atoms with Gasteiger partial charge in [0.2, 0.25) is 11.8 Å². The Morgan fingerprint density at radius 3 is 2.42 bits per heavy atom. The van der Waals surface area contributed by atoms with Crippen molar-refractivity contribution in [2.75, 3.05) is 38.5 Å². The van der Waals surface area contributed by atoms with Gasteiger partial charge in [-0.15, -0.1) is 13.2 Å². The molecule has 2 N–H and O–H groups in total. The summed E-state index contributed by atoms with van der Waals surface area (Å²) in [5.74, 6) is -1.65. The average Bonchev–Trinajstić information content (AvgIpc) is 3.10. The molecule has 2 aromatic rings. The van der Waals surface area contributed by atoms with Crippen molar-refractivity contribution >= 4 is 50.7 Å². The summed E-state index contributed by atoms with van der Waals surface area (Å²) in [4.78, 5) is 56.5. The molecule has 0 radical (unpaired) electrons. The number of likely N-dealkylation sites (tertiary alicyclic amines) is 1. The predicted molar refractivity (Wildman–Crippen MR) is 129 cm³/mol. The molecule has 1 aromatic heterocycles. The predicted octanol–water partition coefficient (Wildman–Crippen LogP) is 3.19. The summed E-state index contributed by atoms with van der Waals surface area (Å²) in [5.41, 5.74) is -0.509. The summed E-state index contributed by atoms with van der Waals surface area (Å²) in [6, 6.07) is 2.99. The van der Waals surface area contributed by atoms with Gasteiger partial charge >= 0.3 is 18.5 Å². The molecule has 0 aliphatic carbocycles. The lowest BCUT2D eigenvalue weighted by Crippen LogP contribution is -2.63. The number of carboxylic acid groups (broad SMARTS) is 1. The van der Waals surface area contributed by atoms with E-state index < -0.39 is 60.8 Å². The number of fused-ring (bicyclic) bond motifs is 1. The fraction of sp³-hybridized carbons (Fsp3) is 0.500. The van der Waals surface area contributed by atoms with E-state index in [2.05, 4.69) is 15.0 Å². The second-order valence-electron chi connectivity index (χ2n) is 9.44. The van der Waals surface area contributed by atoms with E-state index in [1.807, 2.05) is 0 Å². The molecule has 38 heavy (non-hydrogen) atoms. The molecule has 4 amide bonds. The van der Waals surface area contributed by atoms with Crippen molar-refractivity contribution in [3.63, 3.8) is 0 Å². The molecule has 3 rings (SSSR count). The molecular formula is C22H26F3N5O7S. The van der Waals surface area contributed by atoms with E-state index in [9.17, 15) is 32.3 Å². The van der Waals surface area contributed by atoms with Gasteiger partial charge in [0.15, 0.2) is 5.13 Å². The molecule has 1 aliphatic heterocycles. The lowest BCUT2D eigenvalue weighted by atomic mass is 10.1. The standard InChI is InChI=1S/C22H26F3N5O7S/c1-21(2,3)37-20(35)30(12-8-29(9-12)19(33)34)11-17(32)28(4)10-16(31)27-18-26-14-6-5-13(7-15(14)38-18)36-22(23,24)25/h5-7,12H,8-11H2,1-4H3,(H,33,34)(H,26,27,31). The van der Waals surface area contributed by atoms with Gasteiger partial charge in [0.25, 0.3) is 0 Å². The molecule has 1 saturated heterocycles. The summed E-state index contributed by atoms with van der Waals surface area (Å²) in [6.07, 6.45) is -6.79. The van der Waals surface area contributed by atoms with Gasteiger partial charge in [0.05, 0.1) is 22.8 Å². The van der Waals surface area contributed by atoms with E-state index in [1.54, 1.807) is 20.8 Å². The summed E-state index contributed by atoms with van der Waals surface area (Å²) in [7, 11) is 1.35. The van der Waals surface area contributed by atoms with E-state index in [4.69, 9.17) is 9.84 Å². The maximum absolute atomic E-state index is 12.8. The number of nitrogens with zero attached hydrogens (tertiary/aromatic N) is 4. The van der Waals surface area contributed by atoms with Crippen LogP contribution in [0.4, 0.5) is 27.9 Å². The van der Waals surface area contributed by atoms with Crippen LogP contribution in [0, 0.1) is 0 Å².